The lowest BCUT2D eigenvalue weighted by Gasteiger charge is -2.06. The van der Waals surface area contributed by atoms with Gasteiger partial charge in [0.2, 0.25) is 5.91 Å². The van der Waals surface area contributed by atoms with E-state index < -0.39 is 0 Å². The molecule has 0 bridgehead atoms. The zero-order chi connectivity index (χ0) is 19.4. The molecule has 7 heteroatoms. The van der Waals surface area contributed by atoms with Gasteiger partial charge < -0.3 is 14.6 Å². The number of hydrogen-bond donors (Lipinski definition) is 1. The zero-order valence-electron chi connectivity index (χ0n) is 15.9. The molecule has 1 amide bonds. The van der Waals surface area contributed by atoms with E-state index in [-0.39, 0.29) is 11.9 Å². The van der Waals surface area contributed by atoms with Crippen LogP contribution in [0.15, 0.2) is 41.1 Å². The van der Waals surface area contributed by atoms with Crippen molar-refractivity contribution in [3.63, 3.8) is 0 Å². The SMILES string of the molecule is CC(=O)NC(C)c1cc(-c2cnc(Oc3ccc(CC(C)C)cc3)s2)no1. The Labute approximate surface area is 162 Å². The number of rotatable bonds is 7. The van der Waals surface area contributed by atoms with Crippen LogP contribution in [0.25, 0.3) is 10.6 Å². The lowest BCUT2D eigenvalue weighted by atomic mass is 10.0. The Morgan fingerprint density at radius 2 is 2.00 bits per heavy atom. The number of amides is 1. The summed E-state index contributed by atoms with van der Waals surface area (Å²) in [4.78, 5) is 16.3. The first-order valence-electron chi connectivity index (χ1n) is 8.87. The molecule has 6 nitrogen and oxygen atoms in total. The molecule has 0 saturated heterocycles. The third kappa shape index (κ3) is 5.17. The molecule has 1 N–H and O–H groups in total. The molecular weight excluding hydrogens is 362 g/mol. The van der Waals surface area contributed by atoms with Gasteiger partial charge in [0.05, 0.1) is 17.1 Å². The van der Waals surface area contributed by atoms with Crippen molar-refractivity contribution >= 4 is 17.2 Å². The molecule has 27 heavy (non-hydrogen) atoms. The van der Waals surface area contributed by atoms with Gasteiger partial charge in [0.25, 0.3) is 5.19 Å². The van der Waals surface area contributed by atoms with Crippen LogP contribution >= 0.6 is 11.3 Å². The minimum atomic E-state index is -0.239. The Hall–Kier alpha value is -2.67. The number of hydrogen-bond acceptors (Lipinski definition) is 6. The summed E-state index contributed by atoms with van der Waals surface area (Å²) in [5, 5.41) is 7.37. The summed E-state index contributed by atoms with van der Waals surface area (Å²) in [5.74, 6) is 1.85. The topological polar surface area (TPSA) is 77.2 Å². The second kappa shape index (κ2) is 8.35. The lowest BCUT2D eigenvalue weighted by molar-refractivity contribution is -0.119. The van der Waals surface area contributed by atoms with E-state index in [0.29, 0.717) is 22.6 Å². The van der Waals surface area contributed by atoms with Crippen molar-refractivity contribution in [2.45, 2.75) is 40.2 Å². The smallest absolute Gasteiger partial charge is 0.279 e. The van der Waals surface area contributed by atoms with Crippen LogP contribution in [-0.4, -0.2) is 16.0 Å². The Bertz CT molecular complexity index is 899. The number of carbonyl (C=O) groups is 1. The first-order valence-corrected chi connectivity index (χ1v) is 9.69. The molecule has 3 aromatic rings. The molecule has 0 aliphatic carbocycles. The predicted molar refractivity (Wildman–Crippen MR) is 105 cm³/mol. The van der Waals surface area contributed by atoms with Gasteiger partial charge in [-0.25, -0.2) is 4.98 Å². The van der Waals surface area contributed by atoms with Gasteiger partial charge in [0.15, 0.2) is 5.76 Å². The summed E-state index contributed by atoms with van der Waals surface area (Å²) >= 11 is 1.39. The van der Waals surface area contributed by atoms with E-state index >= 15 is 0 Å². The van der Waals surface area contributed by atoms with Crippen LogP contribution in [0.5, 0.6) is 10.9 Å². The highest BCUT2D eigenvalue weighted by atomic mass is 32.1. The third-order valence-corrected chi connectivity index (χ3v) is 4.78. The van der Waals surface area contributed by atoms with Gasteiger partial charge in [-0.05, 0) is 37.0 Å². The summed E-state index contributed by atoms with van der Waals surface area (Å²) in [7, 11) is 0. The van der Waals surface area contributed by atoms with E-state index in [0.717, 1.165) is 17.0 Å². The molecular formula is C20H23N3O3S. The van der Waals surface area contributed by atoms with Crippen molar-refractivity contribution in [1.29, 1.82) is 0 Å². The van der Waals surface area contributed by atoms with Crippen LogP contribution in [0.4, 0.5) is 0 Å². The minimum absolute atomic E-state index is 0.117. The second-order valence-corrected chi connectivity index (χ2v) is 7.86. The molecule has 3 rings (SSSR count). The van der Waals surface area contributed by atoms with Gasteiger partial charge in [-0.1, -0.05) is 42.5 Å². The Balaban J connectivity index is 1.66. The van der Waals surface area contributed by atoms with E-state index in [1.165, 1.54) is 23.8 Å². The average Bonchev–Trinajstić information content (AvgIpc) is 3.25. The maximum atomic E-state index is 11.2. The van der Waals surface area contributed by atoms with Crippen molar-refractivity contribution in [3.8, 4) is 21.5 Å². The minimum Gasteiger partial charge on any atom is -0.431 e. The van der Waals surface area contributed by atoms with E-state index in [1.807, 2.05) is 19.1 Å². The summed E-state index contributed by atoms with van der Waals surface area (Å²) in [5.41, 5.74) is 1.96. The number of aromatic nitrogens is 2. The number of carbonyl (C=O) groups excluding carboxylic acids is 1. The van der Waals surface area contributed by atoms with Crippen LogP contribution in [0.3, 0.4) is 0 Å². The van der Waals surface area contributed by atoms with Crippen LogP contribution in [0.2, 0.25) is 0 Å². The second-order valence-electron chi connectivity index (χ2n) is 6.87. The molecule has 142 valence electrons. The lowest BCUT2D eigenvalue weighted by Crippen LogP contribution is -2.23. The molecule has 0 saturated carbocycles. The van der Waals surface area contributed by atoms with E-state index in [4.69, 9.17) is 9.26 Å². The molecule has 1 aromatic carbocycles. The summed E-state index contributed by atoms with van der Waals surface area (Å²) in [6, 6.07) is 9.65. The summed E-state index contributed by atoms with van der Waals surface area (Å²) in [6.45, 7) is 7.72. The molecule has 0 spiro atoms. The molecule has 1 atom stereocenters. The fraction of sp³-hybridized carbons (Fsp3) is 0.350. The molecule has 0 fully saturated rings. The van der Waals surface area contributed by atoms with Crippen LogP contribution in [0.1, 0.15) is 45.1 Å². The number of thiazole rings is 1. The molecule has 2 aromatic heterocycles. The van der Waals surface area contributed by atoms with Gasteiger partial charge in [0, 0.05) is 13.0 Å². The first kappa shape index (κ1) is 19.1. The van der Waals surface area contributed by atoms with Crippen LogP contribution < -0.4 is 10.1 Å². The van der Waals surface area contributed by atoms with Crippen molar-refractivity contribution in [3.05, 3.63) is 47.9 Å². The molecule has 1 unspecified atom stereocenters. The Morgan fingerprint density at radius 3 is 2.67 bits per heavy atom. The van der Waals surface area contributed by atoms with Crippen LogP contribution in [0, 0.1) is 5.92 Å². The van der Waals surface area contributed by atoms with Gasteiger partial charge in [0.1, 0.15) is 11.4 Å². The largest absolute Gasteiger partial charge is 0.431 e. The highest BCUT2D eigenvalue weighted by molar-refractivity contribution is 7.16. The van der Waals surface area contributed by atoms with Gasteiger partial charge in [-0.3, -0.25) is 4.79 Å². The van der Waals surface area contributed by atoms with E-state index in [2.05, 4.69) is 41.4 Å². The fourth-order valence-corrected chi connectivity index (χ4v) is 3.41. The number of nitrogens with zero attached hydrogens (tertiary/aromatic N) is 2. The highest BCUT2D eigenvalue weighted by Crippen LogP contribution is 2.33. The predicted octanol–water partition coefficient (Wildman–Crippen LogP) is 4.99. The Morgan fingerprint density at radius 1 is 1.26 bits per heavy atom. The van der Waals surface area contributed by atoms with Crippen molar-refractivity contribution in [2.75, 3.05) is 0 Å². The van der Waals surface area contributed by atoms with Gasteiger partial charge in [-0.2, -0.15) is 0 Å². The molecule has 0 aliphatic rings. The first-order chi connectivity index (χ1) is 12.9. The van der Waals surface area contributed by atoms with Gasteiger partial charge >= 0.3 is 0 Å². The average molecular weight is 385 g/mol. The van der Waals surface area contributed by atoms with E-state index in [1.54, 1.807) is 12.3 Å². The molecule has 0 radical (unpaired) electrons. The Kier molecular flexibility index (Phi) is 5.91. The number of nitrogens with one attached hydrogen (secondary N) is 1. The molecule has 2 heterocycles. The maximum Gasteiger partial charge on any atom is 0.279 e. The van der Waals surface area contributed by atoms with Gasteiger partial charge in [-0.15, -0.1) is 0 Å². The maximum absolute atomic E-state index is 11.2. The number of benzene rings is 1. The fourth-order valence-electron chi connectivity index (χ4n) is 2.68. The summed E-state index contributed by atoms with van der Waals surface area (Å²) in [6.07, 6.45) is 2.75. The van der Waals surface area contributed by atoms with Crippen LogP contribution in [-0.2, 0) is 11.2 Å². The van der Waals surface area contributed by atoms with Crippen molar-refractivity contribution < 1.29 is 14.1 Å². The third-order valence-electron chi connectivity index (χ3n) is 3.88. The number of ether oxygens (including phenoxy) is 1. The summed E-state index contributed by atoms with van der Waals surface area (Å²) < 4.78 is 11.2. The van der Waals surface area contributed by atoms with E-state index in [9.17, 15) is 4.79 Å². The zero-order valence-corrected chi connectivity index (χ0v) is 16.7. The van der Waals surface area contributed by atoms with Crippen molar-refractivity contribution in [2.24, 2.45) is 5.92 Å². The standard InChI is InChI=1S/C20H23N3O3S/c1-12(2)9-15-5-7-16(8-6-15)25-20-21-11-19(27-20)17-10-18(26-23-17)13(3)22-14(4)24/h5-8,10-13H,9H2,1-4H3,(H,22,24). The van der Waals surface area contributed by atoms with Crippen molar-refractivity contribution in [1.82, 2.24) is 15.5 Å². The highest BCUT2D eigenvalue weighted by Gasteiger charge is 2.16. The molecule has 0 aliphatic heterocycles. The quantitative estimate of drug-likeness (QED) is 0.620. The normalized spacial score (nSPS) is 12.2. The monoisotopic (exact) mass is 385 g/mol.